The van der Waals surface area contributed by atoms with E-state index in [2.05, 4.69) is 112 Å². The smallest absolute Gasteiger partial charge is 0.261 e. The van der Waals surface area contributed by atoms with Crippen molar-refractivity contribution < 1.29 is 19.4 Å². The molecule has 1 saturated heterocycles. The Morgan fingerprint density at radius 3 is 2.15 bits per heavy atom. The molecule has 2 N–H and O–H groups in total. The molecule has 0 radical (unpaired) electrons. The monoisotopic (exact) mass is 572 g/mol. The zero-order valence-electron chi connectivity index (χ0n) is 23.6. The van der Waals surface area contributed by atoms with Crippen LogP contribution in [0.5, 0.6) is 0 Å². The fourth-order valence-corrected chi connectivity index (χ4v) is 13.1. The highest BCUT2D eigenvalue weighted by atomic mass is 32.1. The number of thiophene rings is 1. The van der Waals surface area contributed by atoms with Gasteiger partial charge < -0.3 is 19.4 Å². The Balaban J connectivity index is 1.42. The summed E-state index contributed by atoms with van der Waals surface area (Å²) in [7, 11) is -2.80. The second-order valence-electron chi connectivity index (χ2n) is 12.5. The lowest BCUT2D eigenvalue weighted by atomic mass is 9.87. The van der Waals surface area contributed by atoms with E-state index in [4.69, 9.17) is 9.16 Å². The Hall–Kier alpha value is -2.32. The van der Waals surface area contributed by atoms with E-state index in [1.165, 1.54) is 25.3 Å². The van der Waals surface area contributed by atoms with Crippen molar-refractivity contribution in [2.75, 3.05) is 0 Å². The third kappa shape index (κ3) is 5.10. The zero-order chi connectivity index (χ0) is 27.9. The van der Waals surface area contributed by atoms with Gasteiger partial charge in [0.1, 0.15) is 0 Å². The van der Waals surface area contributed by atoms with Crippen LogP contribution < -0.4 is 10.4 Å². The van der Waals surface area contributed by atoms with Crippen molar-refractivity contribution in [1.29, 1.82) is 0 Å². The molecule has 2 heterocycles. The summed E-state index contributed by atoms with van der Waals surface area (Å²) in [6.45, 7) is 6.97. The molecule has 40 heavy (non-hydrogen) atoms. The summed E-state index contributed by atoms with van der Waals surface area (Å²) in [5.74, 6) is 0.294. The Labute approximate surface area is 242 Å². The maximum atomic E-state index is 11.0. The lowest BCUT2D eigenvalue weighted by molar-refractivity contribution is -0.0951. The van der Waals surface area contributed by atoms with E-state index in [0.717, 1.165) is 12.8 Å². The SMILES string of the molecule is CC(C)(C)[Si](OC(CC[C@@H]1[C@H]2CC(O)O[C@H]2C[C@H]1O)c1cc2ccccc2s1)(c1ccccc1)c1ccccc1. The fourth-order valence-electron chi connectivity index (χ4n) is 7.20. The second-order valence-corrected chi connectivity index (χ2v) is 17.9. The molecule has 2 unspecified atom stereocenters. The first-order chi connectivity index (χ1) is 19.3. The molecule has 3 aromatic carbocycles. The van der Waals surface area contributed by atoms with Crippen LogP contribution in [0.2, 0.25) is 5.04 Å². The zero-order valence-corrected chi connectivity index (χ0v) is 25.4. The fraction of sp³-hybridized carbons (Fsp3) is 0.412. The molecule has 2 fully saturated rings. The first-order valence-electron chi connectivity index (χ1n) is 14.6. The second kappa shape index (κ2) is 11.2. The van der Waals surface area contributed by atoms with Gasteiger partial charge in [0.05, 0.1) is 18.3 Å². The van der Waals surface area contributed by atoms with Gasteiger partial charge in [-0.05, 0) is 57.6 Å². The van der Waals surface area contributed by atoms with E-state index in [9.17, 15) is 10.2 Å². The minimum Gasteiger partial charge on any atom is -0.400 e. The summed E-state index contributed by atoms with van der Waals surface area (Å²) >= 11 is 1.82. The number of benzene rings is 3. The quantitative estimate of drug-likeness (QED) is 0.240. The van der Waals surface area contributed by atoms with Gasteiger partial charge in [-0.15, -0.1) is 11.3 Å². The molecule has 1 aromatic heterocycles. The van der Waals surface area contributed by atoms with Gasteiger partial charge in [-0.2, -0.15) is 0 Å². The molecule has 6 heteroatoms. The van der Waals surface area contributed by atoms with Crippen LogP contribution in [0.15, 0.2) is 91.0 Å². The van der Waals surface area contributed by atoms with Gasteiger partial charge in [0.15, 0.2) is 6.29 Å². The lowest BCUT2D eigenvalue weighted by Crippen LogP contribution is -2.66. The first kappa shape index (κ1) is 27.8. The molecule has 0 amide bonds. The van der Waals surface area contributed by atoms with Gasteiger partial charge in [-0.3, -0.25) is 0 Å². The average Bonchev–Trinajstić information content (AvgIpc) is 3.61. The molecular weight excluding hydrogens is 533 g/mol. The van der Waals surface area contributed by atoms with Crippen molar-refractivity contribution in [2.24, 2.45) is 11.8 Å². The number of ether oxygens (including phenoxy) is 1. The molecule has 0 spiro atoms. The molecule has 4 aromatic rings. The Morgan fingerprint density at radius 1 is 0.900 bits per heavy atom. The van der Waals surface area contributed by atoms with E-state index in [1.807, 2.05) is 11.3 Å². The van der Waals surface area contributed by atoms with Crippen molar-refractivity contribution in [3.05, 3.63) is 95.9 Å². The van der Waals surface area contributed by atoms with Crippen molar-refractivity contribution in [2.45, 2.75) is 76.1 Å². The molecular formula is C34H40O4SSi. The molecule has 1 saturated carbocycles. The topological polar surface area (TPSA) is 58.9 Å². The van der Waals surface area contributed by atoms with Crippen LogP contribution in [-0.4, -0.2) is 37.0 Å². The molecule has 0 bridgehead atoms. The first-order valence-corrected chi connectivity index (χ1v) is 17.3. The van der Waals surface area contributed by atoms with Gasteiger partial charge in [-0.25, -0.2) is 0 Å². The van der Waals surface area contributed by atoms with Gasteiger partial charge in [0.25, 0.3) is 8.32 Å². The number of hydrogen-bond donors (Lipinski definition) is 2. The minimum atomic E-state index is -2.80. The van der Waals surface area contributed by atoms with Crippen LogP contribution in [0, 0.1) is 11.8 Å². The molecule has 1 aliphatic heterocycles. The van der Waals surface area contributed by atoms with Gasteiger partial charge >= 0.3 is 0 Å². The Kier molecular flexibility index (Phi) is 7.76. The van der Waals surface area contributed by atoms with Gasteiger partial charge in [0, 0.05) is 22.4 Å². The summed E-state index contributed by atoms with van der Waals surface area (Å²) < 4.78 is 14.7. The minimum absolute atomic E-state index is 0.0460. The lowest BCUT2D eigenvalue weighted by Gasteiger charge is -2.45. The van der Waals surface area contributed by atoms with Crippen LogP contribution in [0.3, 0.4) is 0 Å². The standard InChI is InChI=1S/C34H40O4SSi/c1-34(2,3)40(24-13-6-4-7-14-24,25-15-8-5-9-16-25)38-29(32-20-23-12-10-11-17-31(23)39-32)19-18-26-27-21-33(36)37-30(27)22-28(26)35/h4-17,20,26-30,33,35-36H,18-19,21-22H2,1-3H3/t26-,27-,28-,29?,30+,33?/m1/s1. The maximum absolute atomic E-state index is 11.0. The van der Waals surface area contributed by atoms with Gasteiger partial charge in [-0.1, -0.05) is 99.6 Å². The highest BCUT2D eigenvalue weighted by molar-refractivity contribution is 7.19. The number of rotatable bonds is 8. The van der Waals surface area contributed by atoms with Crippen molar-refractivity contribution in [1.82, 2.24) is 0 Å². The third-order valence-corrected chi connectivity index (χ3v) is 15.3. The van der Waals surface area contributed by atoms with Crippen molar-refractivity contribution >= 4 is 40.1 Å². The van der Waals surface area contributed by atoms with Crippen LogP contribution in [0.4, 0.5) is 0 Å². The predicted octanol–water partition coefficient (Wildman–Crippen LogP) is 6.40. The van der Waals surface area contributed by atoms with E-state index >= 15 is 0 Å². The van der Waals surface area contributed by atoms with E-state index in [1.54, 1.807) is 0 Å². The van der Waals surface area contributed by atoms with E-state index in [-0.39, 0.29) is 29.1 Å². The number of hydrogen-bond acceptors (Lipinski definition) is 5. The van der Waals surface area contributed by atoms with Crippen LogP contribution in [0.1, 0.15) is 57.4 Å². The van der Waals surface area contributed by atoms with E-state index < -0.39 is 20.7 Å². The largest absolute Gasteiger partial charge is 0.400 e. The van der Waals surface area contributed by atoms with Crippen LogP contribution >= 0.6 is 11.3 Å². The molecule has 6 atom stereocenters. The van der Waals surface area contributed by atoms with Crippen LogP contribution in [-0.2, 0) is 9.16 Å². The molecule has 4 nitrogen and oxygen atoms in total. The molecule has 210 valence electrons. The number of fused-ring (bicyclic) bond motifs is 2. The van der Waals surface area contributed by atoms with E-state index in [0.29, 0.717) is 12.8 Å². The average molecular weight is 573 g/mol. The summed E-state index contributed by atoms with van der Waals surface area (Å²) in [5.41, 5.74) is 0. The Morgan fingerprint density at radius 2 is 1.52 bits per heavy atom. The normalized spacial score (nSPS) is 25.8. The van der Waals surface area contributed by atoms with Crippen molar-refractivity contribution in [3.8, 4) is 0 Å². The summed E-state index contributed by atoms with van der Waals surface area (Å²) in [6, 6.07) is 32.5. The summed E-state index contributed by atoms with van der Waals surface area (Å²) in [4.78, 5) is 1.24. The molecule has 1 aliphatic carbocycles. The van der Waals surface area contributed by atoms with Crippen molar-refractivity contribution in [3.63, 3.8) is 0 Å². The number of aliphatic hydroxyl groups is 2. The van der Waals surface area contributed by atoms with Gasteiger partial charge in [0.2, 0.25) is 0 Å². The Bertz CT molecular complexity index is 1340. The summed E-state index contributed by atoms with van der Waals surface area (Å²) in [5, 5.41) is 24.8. The van der Waals surface area contributed by atoms with Crippen LogP contribution in [0.25, 0.3) is 10.1 Å². The predicted molar refractivity (Wildman–Crippen MR) is 166 cm³/mol. The third-order valence-electron chi connectivity index (χ3n) is 9.06. The molecule has 2 aliphatic rings. The number of aliphatic hydroxyl groups excluding tert-OH is 2. The highest BCUT2D eigenvalue weighted by Gasteiger charge is 2.52. The molecule has 6 rings (SSSR count). The highest BCUT2D eigenvalue weighted by Crippen LogP contribution is 2.48. The maximum Gasteiger partial charge on any atom is 0.261 e. The summed E-state index contributed by atoms with van der Waals surface area (Å²) in [6.07, 6.45) is 1.56.